The molecule has 0 saturated carbocycles. The van der Waals surface area contributed by atoms with Gasteiger partial charge in [-0.1, -0.05) is 0 Å². The molecular formula is C17H22N4OS. The number of piperidine rings is 3. The molecule has 1 aromatic carbocycles. The number of carbonyl (C=O) groups is 1. The molecule has 4 heterocycles. The molecule has 2 aromatic rings. The summed E-state index contributed by atoms with van der Waals surface area (Å²) in [6.45, 7) is 3.36. The minimum Gasteiger partial charge on any atom is -0.378 e. The molecule has 3 aliphatic rings. The molecule has 1 N–H and O–H groups in total. The molecule has 0 aliphatic carbocycles. The standard InChI is InChI=1S/C17H22N4OS/c1-20(2)12-3-4-13-15(9-12)23-19-16(13)17(22)18-14-10-21-7-5-11(14)6-8-21/h3-4,9,11,14H,5-8,10H2,1-2H3,(H,18,22)/t14-/m0/s1. The molecule has 1 atom stereocenters. The van der Waals surface area contributed by atoms with Crippen molar-refractivity contribution >= 4 is 33.2 Å². The van der Waals surface area contributed by atoms with Crippen molar-refractivity contribution < 1.29 is 4.79 Å². The van der Waals surface area contributed by atoms with Gasteiger partial charge in [-0.15, -0.1) is 0 Å². The van der Waals surface area contributed by atoms with E-state index in [0.717, 1.165) is 22.3 Å². The van der Waals surface area contributed by atoms with Gasteiger partial charge in [0.15, 0.2) is 0 Å². The zero-order valence-corrected chi connectivity index (χ0v) is 14.4. The fourth-order valence-corrected chi connectivity index (χ4v) is 4.54. The van der Waals surface area contributed by atoms with Crippen molar-refractivity contribution in [1.82, 2.24) is 14.6 Å². The van der Waals surface area contributed by atoms with Gasteiger partial charge in [-0.3, -0.25) is 4.79 Å². The molecule has 5 rings (SSSR count). The number of fused-ring (bicyclic) bond motifs is 4. The first-order valence-electron chi connectivity index (χ1n) is 8.22. The molecule has 2 bridgehead atoms. The molecule has 122 valence electrons. The van der Waals surface area contributed by atoms with Crippen molar-refractivity contribution in [3.05, 3.63) is 23.9 Å². The van der Waals surface area contributed by atoms with Crippen LogP contribution in [0.5, 0.6) is 0 Å². The maximum absolute atomic E-state index is 12.7. The van der Waals surface area contributed by atoms with Crippen LogP contribution in [-0.4, -0.2) is 55.0 Å². The van der Waals surface area contributed by atoms with Gasteiger partial charge in [0.2, 0.25) is 0 Å². The third-order valence-electron chi connectivity index (χ3n) is 5.16. The Bertz CT molecular complexity index is 733. The van der Waals surface area contributed by atoms with Crippen LogP contribution >= 0.6 is 11.5 Å². The highest BCUT2D eigenvalue weighted by molar-refractivity contribution is 7.13. The van der Waals surface area contributed by atoms with Crippen LogP contribution < -0.4 is 10.2 Å². The van der Waals surface area contributed by atoms with Crippen LogP contribution in [0.3, 0.4) is 0 Å². The number of anilines is 1. The largest absolute Gasteiger partial charge is 0.378 e. The van der Waals surface area contributed by atoms with Crippen LogP contribution in [-0.2, 0) is 0 Å². The number of nitrogens with zero attached hydrogens (tertiary/aromatic N) is 3. The lowest BCUT2D eigenvalue weighted by Crippen LogP contribution is -2.57. The Kier molecular flexibility index (Phi) is 3.73. The number of nitrogens with one attached hydrogen (secondary N) is 1. The highest BCUT2D eigenvalue weighted by Gasteiger charge is 2.35. The molecule has 1 amide bonds. The minimum absolute atomic E-state index is 0.0207. The van der Waals surface area contributed by atoms with Gasteiger partial charge in [0.1, 0.15) is 5.69 Å². The average Bonchev–Trinajstić information content (AvgIpc) is 2.99. The summed E-state index contributed by atoms with van der Waals surface area (Å²) in [4.78, 5) is 17.2. The summed E-state index contributed by atoms with van der Waals surface area (Å²) in [5.41, 5.74) is 1.71. The van der Waals surface area contributed by atoms with Gasteiger partial charge in [0.25, 0.3) is 5.91 Å². The van der Waals surface area contributed by atoms with E-state index in [4.69, 9.17) is 0 Å². The van der Waals surface area contributed by atoms with E-state index in [2.05, 4.69) is 25.6 Å². The number of benzene rings is 1. The van der Waals surface area contributed by atoms with Crippen LogP contribution in [0, 0.1) is 5.92 Å². The van der Waals surface area contributed by atoms with Gasteiger partial charge in [-0.2, -0.15) is 4.37 Å². The lowest BCUT2D eigenvalue weighted by atomic mass is 9.84. The van der Waals surface area contributed by atoms with Crippen molar-refractivity contribution in [2.45, 2.75) is 18.9 Å². The second-order valence-electron chi connectivity index (χ2n) is 6.82. The van der Waals surface area contributed by atoms with E-state index >= 15 is 0 Å². The summed E-state index contributed by atoms with van der Waals surface area (Å²) in [7, 11) is 4.03. The smallest absolute Gasteiger partial charge is 0.271 e. The van der Waals surface area contributed by atoms with E-state index in [1.165, 1.54) is 37.5 Å². The van der Waals surface area contributed by atoms with Crippen LogP contribution in [0.4, 0.5) is 5.69 Å². The SMILES string of the molecule is CN(C)c1ccc2c(C(=O)N[C@H]3CN4CCC3CC4)nsc2c1. The summed E-state index contributed by atoms with van der Waals surface area (Å²) in [5, 5.41) is 4.19. The van der Waals surface area contributed by atoms with Gasteiger partial charge in [-0.25, -0.2) is 0 Å². The predicted octanol–water partition coefficient (Wildman–Crippen LogP) is 2.19. The second kappa shape index (κ2) is 5.76. The molecule has 3 saturated heterocycles. The third kappa shape index (κ3) is 2.70. The number of amides is 1. The summed E-state index contributed by atoms with van der Waals surface area (Å²) in [6.07, 6.45) is 2.41. The van der Waals surface area contributed by atoms with E-state index in [1.807, 2.05) is 26.2 Å². The maximum atomic E-state index is 12.7. The monoisotopic (exact) mass is 330 g/mol. The maximum Gasteiger partial charge on any atom is 0.271 e. The molecule has 23 heavy (non-hydrogen) atoms. The summed E-state index contributed by atoms with van der Waals surface area (Å²) in [5.74, 6) is 0.613. The fraction of sp³-hybridized carbons (Fsp3) is 0.529. The van der Waals surface area contributed by atoms with Gasteiger partial charge in [-0.05, 0) is 61.6 Å². The predicted molar refractivity (Wildman–Crippen MR) is 94.4 cm³/mol. The first-order valence-corrected chi connectivity index (χ1v) is 8.99. The van der Waals surface area contributed by atoms with E-state index in [0.29, 0.717) is 11.6 Å². The lowest BCUT2D eigenvalue weighted by molar-refractivity contribution is 0.0619. The van der Waals surface area contributed by atoms with Crippen LogP contribution in [0.15, 0.2) is 18.2 Å². The molecule has 6 heteroatoms. The third-order valence-corrected chi connectivity index (χ3v) is 5.97. The molecule has 1 aromatic heterocycles. The van der Waals surface area contributed by atoms with Crippen LogP contribution in [0.25, 0.3) is 10.1 Å². The Morgan fingerprint density at radius 1 is 1.35 bits per heavy atom. The quantitative estimate of drug-likeness (QED) is 0.937. The lowest BCUT2D eigenvalue weighted by Gasteiger charge is -2.44. The Morgan fingerprint density at radius 3 is 2.78 bits per heavy atom. The molecule has 3 fully saturated rings. The van der Waals surface area contributed by atoms with Gasteiger partial charge in [0, 0.05) is 37.8 Å². The number of carbonyl (C=O) groups excluding carboxylic acids is 1. The Labute approximate surface area is 140 Å². The highest BCUT2D eigenvalue weighted by Crippen LogP contribution is 2.29. The molecule has 0 spiro atoms. The van der Waals surface area contributed by atoms with Gasteiger partial charge >= 0.3 is 0 Å². The second-order valence-corrected chi connectivity index (χ2v) is 7.63. The minimum atomic E-state index is -0.0207. The molecular weight excluding hydrogens is 308 g/mol. The number of hydrogen-bond acceptors (Lipinski definition) is 5. The first kappa shape index (κ1) is 14.9. The number of rotatable bonds is 3. The van der Waals surface area contributed by atoms with Crippen molar-refractivity contribution in [2.75, 3.05) is 38.6 Å². The molecule has 0 unspecified atom stereocenters. The van der Waals surface area contributed by atoms with Crippen LogP contribution in [0.1, 0.15) is 23.3 Å². The van der Waals surface area contributed by atoms with Crippen LogP contribution in [0.2, 0.25) is 0 Å². The fourth-order valence-electron chi connectivity index (χ4n) is 3.73. The summed E-state index contributed by atoms with van der Waals surface area (Å²) >= 11 is 1.40. The first-order chi connectivity index (χ1) is 11.1. The van der Waals surface area contributed by atoms with Crippen molar-refractivity contribution in [3.63, 3.8) is 0 Å². The summed E-state index contributed by atoms with van der Waals surface area (Å²) < 4.78 is 5.49. The molecule has 5 nitrogen and oxygen atoms in total. The van der Waals surface area contributed by atoms with Crippen molar-refractivity contribution in [1.29, 1.82) is 0 Å². The number of hydrogen-bond donors (Lipinski definition) is 1. The zero-order valence-electron chi connectivity index (χ0n) is 13.6. The Morgan fingerprint density at radius 2 is 2.13 bits per heavy atom. The molecule has 0 radical (unpaired) electrons. The topological polar surface area (TPSA) is 48.5 Å². The zero-order chi connectivity index (χ0) is 16.0. The molecule has 3 aliphatic heterocycles. The van der Waals surface area contributed by atoms with E-state index in [1.54, 1.807) is 0 Å². The Hall–Kier alpha value is -1.66. The normalized spacial score (nSPS) is 26.4. The van der Waals surface area contributed by atoms with E-state index < -0.39 is 0 Å². The van der Waals surface area contributed by atoms with Gasteiger partial charge < -0.3 is 15.1 Å². The summed E-state index contributed by atoms with van der Waals surface area (Å²) in [6, 6.07) is 6.43. The van der Waals surface area contributed by atoms with Gasteiger partial charge in [0.05, 0.1) is 4.70 Å². The van der Waals surface area contributed by atoms with Crippen molar-refractivity contribution in [2.24, 2.45) is 5.92 Å². The highest BCUT2D eigenvalue weighted by atomic mass is 32.1. The Balaban J connectivity index is 1.55. The van der Waals surface area contributed by atoms with E-state index in [-0.39, 0.29) is 11.9 Å². The van der Waals surface area contributed by atoms with E-state index in [9.17, 15) is 4.79 Å². The van der Waals surface area contributed by atoms with Crippen molar-refractivity contribution in [3.8, 4) is 0 Å². The number of aromatic nitrogens is 1. The average molecular weight is 330 g/mol.